The van der Waals surface area contributed by atoms with Crippen LogP contribution in [0.2, 0.25) is 0 Å². The standard InChI is InChI=1S/C26H31N3O2/c1-4-31-26(30)25-23(18-29-16-14-20(15-17-29)28(2)3)27-22-13-9-8-12-21(22)24(25)19-10-6-5-7-11-19/h5-13,20H,4,14-18H2,1-3H3. The van der Waals surface area contributed by atoms with Gasteiger partial charge in [0.25, 0.3) is 0 Å². The lowest BCUT2D eigenvalue weighted by Gasteiger charge is -2.35. The second-order valence-corrected chi connectivity index (χ2v) is 8.38. The van der Waals surface area contributed by atoms with E-state index in [4.69, 9.17) is 9.72 Å². The molecule has 0 radical (unpaired) electrons. The van der Waals surface area contributed by atoms with E-state index in [-0.39, 0.29) is 5.97 Å². The van der Waals surface area contributed by atoms with Gasteiger partial charge in [-0.15, -0.1) is 0 Å². The summed E-state index contributed by atoms with van der Waals surface area (Å²) in [4.78, 5) is 22.9. The molecule has 1 fully saturated rings. The molecule has 0 unspecified atom stereocenters. The van der Waals surface area contributed by atoms with E-state index in [0.717, 1.165) is 53.7 Å². The molecule has 0 amide bonds. The minimum Gasteiger partial charge on any atom is -0.462 e. The number of esters is 1. The minimum absolute atomic E-state index is 0.294. The second-order valence-electron chi connectivity index (χ2n) is 8.38. The lowest BCUT2D eigenvalue weighted by atomic mass is 9.93. The molecule has 2 heterocycles. The van der Waals surface area contributed by atoms with Crippen molar-refractivity contribution in [1.82, 2.24) is 14.8 Å². The molecule has 1 aliphatic heterocycles. The molecule has 0 atom stereocenters. The Bertz CT molecular complexity index is 1040. The molecular formula is C26H31N3O2. The maximum atomic E-state index is 13.2. The summed E-state index contributed by atoms with van der Waals surface area (Å²) in [6.45, 7) is 4.84. The second kappa shape index (κ2) is 9.58. The largest absolute Gasteiger partial charge is 0.462 e. The molecule has 0 spiro atoms. The zero-order valence-corrected chi connectivity index (χ0v) is 18.7. The molecule has 0 saturated carbocycles. The Balaban J connectivity index is 1.81. The Morgan fingerprint density at radius 3 is 2.42 bits per heavy atom. The molecule has 0 bridgehead atoms. The number of nitrogens with zero attached hydrogens (tertiary/aromatic N) is 3. The summed E-state index contributed by atoms with van der Waals surface area (Å²) < 4.78 is 5.51. The van der Waals surface area contributed by atoms with E-state index in [1.807, 2.05) is 49.4 Å². The SMILES string of the molecule is CCOC(=O)c1c(CN2CCC(N(C)C)CC2)nc2ccccc2c1-c1ccccc1. The van der Waals surface area contributed by atoms with Crippen LogP contribution in [0.25, 0.3) is 22.0 Å². The smallest absolute Gasteiger partial charge is 0.340 e. The van der Waals surface area contributed by atoms with Crippen molar-refractivity contribution in [3.8, 4) is 11.1 Å². The Morgan fingerprint density at radius 2 is 1.74 bits per heavy atom. The third kappa shape index (κ3) is 4.63. The molecule has 3 aromatic rings. The van der Waals surface area contributed by atoms with Gasteiger partial charge in [0.1, 0.15) is 0 Å². The van der Waals surface area contributed by atoms with Crippen LogP contribution in [0.3, 0.4) is 0 Å². The van der Waals surface area contributed by atoms with Crippen LogP contribution >= 0.6 is 0 Å². The summed E-state index contributed by atoms with van der Waals surface area (Å²) in [5.74, 6) is -0.294. The molecular weight excluding hydrogens is 386 g/mol. The number of rotatable bonds is 6. The highest BCUT2D eigenvalue weighted by Crippen LogP contribution is 2.34. The molecule has 1 aliphatic rings. The van der Waals surface area contributed by atoms with E-state index in [1.54, 1.807) is 0 Å². The number of fused-ring (bicyclic) bond motifs is 1. The molecule has 162 valence electrons. The summed E-state index contributed by atoms with van der Waals surface area (Å²) in [5.41, 5.74) is 4.24. The van der Waals surface area contributed by atoms with Gasteiger partial charge in [-0.3, -0.25) is 9.88 Å². The Hall–Kier alpha value is -2.76. The summed E-state index contributed by atoms with van der Waals surface area (Å²) >= 11 is 0. The van der Waals surface area contributed by atoms with Gasteiger partial charge in [-0.2, -0.15) is 0 Å². The van der Waals surface area contributed by atoms with E-state index in [1.165, 1.54) is 0 Å². The average molecular weight is 418 g/mol. The van der Waals surface area contributed by atoms with E-state index in [9.17, 15) is 4.79 Å². The first kappa shape index (κ1) is 21.5. The van der Waals surface area contributed by atoms with Gasteiger partial charge in [0.15, 0.2) is 0 Å². The van der Waals surface area contributed by atoms with Gasteiger partial charge in [-0.05, 0) is 45.5 Å². The van der Waals surface area contributed by atoms with E-state index >= 15 is 0 Å². The maximum absolute atomic E-state index is 13.2. The monoisotopic (exact) mass is 417 g/mol. The third-order valence-corrected chi connectivity index (χ3v) is 6.17. The van der Waals surface area contributed by atoms with Crippen molar-refractivity contribution >= 4 is 16.9 Å². The van der Waals surface area contributed by atoms with Crippen molar-refractivity contribution < 1.29 is 9.53 Å². The lowest BCUT2D eigenvalue weighted by Crippen LogP contribution is -2.41. The molecule has 2 aromatic carbocycles. The van der Waals surface area contributed by atoms with E-state index in [2.05, 4.69) is 36.0 Å². The molecule has 1 saturated heterocycles. The molecule has 31 heavy (non-hydrogen) atoms. The number of pyridine rings is 1. The van der Waals surface area contributed by atoms with Crippen LogP contribution in [-0.4, -0.2) is 60.6 Å². The Labute approximate surface area is 184 Å². The van der Waals surface area contributed by atoms with E-state index in [0.29, 0.717) is 24.8 Å². The van der Waals surface area contributed by atoms with Crippen molar-refractivity contribution in [2.75, 3.05) is 33.8 Å². The fraction of sp³-hybridized carbons (Fsp3) is 0.385. The lowest BCUT2D eigenvalue weighted by molar-refractivity contribution is 0.0523. The van der Waals surface area contributed by atoms with Crippen LogP contribution in [-0.2, 0) is 11.3 Å². The van der Waals surface area contributed by atoms with Crippen LogP contribution in [0.1, 0.15) is 35.8 Å². The fourth-order valence-electron chi connectivity index (χ4n) is 4.51. The molecule has 1 aromatic heterocycles. The number of aromatic nitrogens is 1. The molecule has 5 heteroatoms. The molecule has 0 aliphatic carbocycles. The topological polar surface area (TPSA) is 45.7 Å². The number of likely N-dealkylation sites (tertiary alicyclic amines) is 1. The number of carbonyl (C=O) groups is 1. The molecule has 0 N–H and O–H groups in total. The quantitative estimate of drug-likeness (QED) is 0.548. The predicted molar refractivity (Wildman–Crippen MR) is 125 cm³/mol. The Morgan fingerprint density at radius 1 is 1.06 bits per heavy atom. The molecule has 4 rings (SSSR count). The Kier molecular flexibility index (Phi) is 6.64. The normalized spacial score (nSPS) is 15.5. The van der Waals surface area contributed by atoms with Crippen LogP contribution in [0.5, 0.6) is 0 Å². The summed E-state index contributed by atoms with van der Waals surface area (Å²) in [6, 6.07) is 18.8. The van der Waals surface area contributed by atoms with Crippen molar-refractivity contribution in [3.05, 3.63) is 65.9 Å². The zero-order chi connectivity index (χ0) is 21.8. The number of ether oxygens (including phenoxy) is 1. The van der Waals surface area contributed by atoms with Crippen molar-refractivity contribution in [3.63, 3.8) is 0 Å². The van der Waals surface area contributed by atoms with Crippen molar-refractivity contribution in [2.24, 2.45) is 0 Å². The number of hydrogen-bond acceptors (Lipinski definition) is 5. The highest BCUT2D eigenvalue weighted by Gasteiger charge is 2.26. The highest BCUT2D eigenvalue weighted by molar-refractivity contribution is 6.07. The van der Waals surface area contributed by atoms with Gasteiger partial charge in [0.2, 0.25) is 0 Å². The highest BCUT2D eigenvalue weighted by atomic mass is 16.5. The van der Waals surface area contributed by atoms with Gasteiger partial charge >= 0.3 is 5.97 Å². The number of benzene rings is 2. The first-order valence-electron chi connectivity index (χ1n) is 11.1. The van der Waals surface area contributed by atoms with Gasteiger partial charge in [-0.1, -0.05) is 48.5 Å². The van der Waals surface area contributed by atoms with Crippen LogP contribution in [0.4, 0.5) is 0 Å². The van der Waals surface area contributed by atoms with Crippen molar-refractivity contribution in [2.45, 2.75) is 32.4 Å². The van der Waals surface area contributed by atoms with E-state index < -0.39 is 0 Å². The predicted octanol–water partition coefficient (Wildman–Crippen LogP) is 4.60. The third-order valence-electron chi connectivity index (χ3n) is 6.17. The van der Waals surface area contributed by atoms with Gasteiger partial charge in [0, 0.05) is 36.6 Å². The first-order valence-corrected chi connectivity index (χ1v) is 11.1. The van der Waals surface area contributed by atoms with Gasteiger partial charge in [-0.25, -0.2) is 4.79 Å². The number of piperidine rings is 1. The number of carbonyl (C=O) groups excluding carboxylic acids is 1. The number of hydrogen-bond donors (Lipinski definition) is 0. The molecule has 5 nitrogen and oxygen atoms in total. The minimum atomic E-state index is -0.294. The van der Waals surface area contributed by atoms with Crippen LogP contribution in [0, 0.1) is 0 Å². The summed E-state index contributed by atoms with van der Waals surface area (Å²) in [7, 11) is 4.30. The fourth-order valence-corrected chi connectivity index (χ4v) is 4.51. The van der Waals surface area contributed by atoms with Gasteiger partial charge in [0.05, 0.1) is 23.4 Å². The first-order chi connectivity index (χ1) is 15.1. The van der Waals surface area contributed by atoms with Crippen LogP contribution < -0.4 is 0 Å². The summed E-state index contributed by atoms with van der Waals surface area (Å²) in [6.07, 6.45) is 2.25. The summed E-state index contributed by atoms with van der Waals surface area (Å²) in [5, 5.41) is 0.979. The maximum Gasteiger partial charge on any atom is 0.340 e. The zero-order valence-electron chi connectivity index (χ0n) is 18.7. The van der Waals surface area contributed by atoms with Gasteiger partial charge < -0.3 is 9.64 Å². The van der Waals surface area contributed by atoms with Crippen LogP contribution in [0.15, 0.2) is 54.6 Å². The van der Waals surface area contributed by atoms with Crippen molar-refractivity contribution in [1.29, 1.82) is 0 Å². The average Bonchev–Trinajstić information content (AvgIpc) is 2.79. The number of para-hydroxylation sites is 1.